The van der Waals surface area contributed by atoms with Crippen molar-refractivity contribution in [2.45, 2.75) is 25.4 Å². The zero-order valence-corrected chi connectivity index (χ0v) is 8.83. The third-order valence-electron chi connectivity index (χ3n) is 2.72. The predicted molar refractivity (Wildman–Crippen MR) is 58.4 cm³/mol. The second-order valence-corrected chi connectivity index (χ2v) is 3.88. The van der Waals surface area contributed by atoms with E-state index < -0.39 is 0 Å². The van der Waals surface area contributed by atoms with Crippen LogP contribution in [-0.4, -0.2) is 25.1 Å². The topological polar surface area (TPSA) is 28.2 Å². The fraction of sp³-hybridized carbons (Fsp3) is 0.545. The molecule has 76 valence electrons. The molecule has 0 aromatic carbocycles. The van der Waals surface area contributed by atoms with Crippen LogP contribution < -0.4 is 10.2 Å². The summed E-state index contributed by atoms with van der Waals surface area (Å²) in [5.41, 5.74) is 2.60. The van der Waals surface area contributed by atoms with Crippen molar-refractivity contribution in [3.63, 3.8) is 0 Å². The summed E-state index contributed by atoms with van der Waals surface area (Å²) in [5.74, 6) is 0. The molecule has 1 N–H and O–H groups in total. The van der Waals surface area contributed by atoms with E-state index in [9.17, 15) is 0 Å². The van der Waals surface area contributed by atoms with Gasteiger partial charge in [0.1, 0.15) is 0 Å². The summed E-state index contributed by atoms with van der Waals surface area (Å²) in [6.45, 7) is 0.889. The number of nitrogens with one attached hydrogen (secondary N) is 1. The summed E-state index contributed by atoms with van der Waals surface area (Å²) < 4.78 is 0. The molecule has 0 atom stereocenters. The normalized spacial score (nSPS) is 15.6. The van der Waals surface area contributed by atoms with Crippen LogP contribution in [0.25, 0.3) is 0 Å². The minimum absolute atomic E-state index is 0.757. The molecule has 2 rings (SSSR count). The number of pyridine rings is 1. The Labute approximate surface area is 85.1 Å². The van der Waals surface area contributed by atoms with E-state index in [4.69, 9.17) is 0 Å². The van der Waals surface area contributed by atoms with E-state index in [1.807, 2.05) is 19.4 Å². The van der Waals surface area contributed by atoms with Crippen molar-refractivity contribution in [1.82, 2.24) is 10.3 Å². The molecule has 0 unspecified atom stereocenters. The molecule has 0 bridgehead atoms. The van der Waals surface area contributed by atoms with Crippen LogP contribution in [0.5, 0.6) is 0 Å². The Morgan fingerprint density at radius 1 is 1.57 bits per heavy atom. The van der Waals surface area contributed by atoms with Crippen molar-refractivity contribution < 1.29 is 0 Å². The molecule has 0 radical (unpaired) electrons. The summed E-state index contributed by atoms with van der Waals surface area (Å²) in [5, 5.41) is 3.17. The Kier molecular flexibility index (Phi) is 2.68. The van der Waals surface area contributed by atoms with E-state index >= 15 is 0 Å². The molecule has 1 aliphatic rings. The number of hydrogen-bond acceptors (Lipinski definition) is 3. The summed E-state index contributed by atoms with van der Waals surface area (Å²) in [4.78, 5) is 6.53. The van der Waals surface area contributed by atoms with E-state index in [2.05, 4.69) is 28.3 Å². The van der Waals surface area contributed by atoms with E-state index in [1.54, 1.807) is 0 Å². The van der Waals surface area contributed by atoms with Gasteiger partial charge >= 0.3 is 0 Å². The zero-order chi connectivity index (χ0) is 9.97. The minimum atomic E-state index is 0.757. The van der Waals surface area contributed by atoms with Crippen LogP contribution in [-0.2, 0) is 6.54 Å². The minimum Gasteiger partial charge on any atom is -0.371 e. The van der Waals surface area contributed by atoms with Crippen LogP contribution in [0.15, 0.2) is 18.5 Å². The van der Waals surface area contributed by atoms with Crippen LogP contribution in [0.4, 0.5) is 5.69 Å². The second-order valence-electron chi connectivity index (χ2n) is 3.88. The lowest BCUT2D eigenvalue weighted by atomic mass is 10.2. The molecule has 0 spiro atoms. The van der Waals surface area contributed by atoms with Gasteiger partial charge in [0.25, 0.3) is 0 Å². The Morgan fingerprint density at radius 2 is 2.36 bits per heavy atom. The summed E-state index contributed by atoms with van der Waals surface area (Å²) in [6.07, 6.45) is 6.48. The Balaban J connectivity index is 2.20. The van der Waals surface area contributed by atoms with E-state index in [0.717, 1.165) is 12.6 Å². The quantitative estimate of drug-likeness (QED) is 0.779. The molecule has 14 heavy (non-hydrogen) atoms. The summed E-state index contributed by atoms with van der Waals surface area (Å²) in [7, 11) is 4.14. The van der Waals surface area contributed by atoms with Gasteiger partial charge in [0.05, 0.1) is 0 Å². The van der Waals surface area contributed by atoms with Gasteiger partial charge in [-0.3, -0.25) is 4.98 Å². The van der Waals surface area contributed by atoms with Crippen LogP contribution >= 0.6 is 0 Å². The van der Waals surface area contributed by atoms with Crippen LogP contribution in [0.3, 0.4) is 0 Å². The van der Waals surface area contributed by atoms with E-state index in [1.165, 1.54) is 24.1 Å². The SMILES string of the molecule is CNCc1cnccc1N(C)C1CC1. The van der Waals surface area contributed by atoms with Gasteiger partial charge in [-0.25, -0.2) is 0 Å². The average Bonchev–Trinajstić information content (AvgIpc) is 3.01. The third-order valence-corrected chi connectivity index (χ3v) is 2.72. The van der Waals surface area contributed by atoms with Crippen LogP contribution in [0.1, 0.15) is 18.4 Å². The molecular weight excluding hydrogens is 174 g/mol. The smallest absolute Gasteiger partial charge is 0.0442 e. The maximum atomic E-state index is 4.16. The van der Waals surface area contributed by atoms with Gasteiger partial charge in [0, 0.05) is 43.3 Å². The number of hydrogen-bond donors (Lipinski definition) is 1. The Morgan fingerprint density at radius 3 is 3.00 bits per heavy atom. The molecule has 1 aliphatic carbocycles. The lowest BCUT2D eigenvalue weighted by molar-refractivity contribution is 0.799. The van der Waals surface area contributed by atoms with Gasteiger partial charge in [-0.15, -0.1) is 0 Å². The lowest BCUT2D eigenvalue weighted by Crippen LogP contribution is -2.22. The van der Waals surface area contributed by atoms with Gasteiger partial charge in [-0.05, 0) is 26.0 Å². The molecule has 1 fully saturated rings. The van der Waals surface area contributed by atoms with E-state index in [-0.39, 0.29) is 0 Å². The fourth-order valence-electron chi connectivity index (χ4n) is 1.75. The molecule has 1 heterocycles. The van der Waals surface area contributed by atoms with Crippen molar-refractivity contribution in [1.29, 1.82) is 0 Å². The van der Waals surface area contributed by atoms with Gasteiger partial charge in [0.2, 0.25) is 0 Å². The molecule has 0 aliphatic heterocycles. The standard InChI is InChI=1S/C11H17N3/c1-12-7-9-8-13-6-5-11(9)14(2)10-3-4-10/h5-6,8,10,12H,3-4,7H2,1-2H3. The first-order valence-corrected chi connectivity index (χ1v) is 5.13. The average molecular weight is 191 g/mol. The molecule has 1 aromatic heterocycles. The number of aromatic nitrogens is 1. The first kappa shape index (κ1) is 9.46. The van der Waals surface area contributed by atoms with Crippen molar-refractivity contribution >= 4 is 5.69 Å². The molecule has 1 saturated carbocycles. The summed E-state index contributed by atoms with van der Waals surface area (Å²) in [6, 6.07) is 2.86. The number of anilines is 1. The van der Waals surface area contributed by atoms with Crippen molar-refractivity contribution in [2.75, 3.05) is 19.0 Å². The van der Waals surface area contributed by atoms with Gasteiger partial charge in [0.15, 0.2) is 0 Å². The maximum absolute atomic E-state index is 4.16. The largest absolute Gasteiger partial charge is 0.371 e. The van der Waals surface area contributed by atoms with Crippen LogP contribution in [0.2, 0.25) is 0 Å². The Bertz CT molecular complexity index is 307. The van der Waals surface area contributed by atoms with Gasteiger partial charge in [-0.1, -0.05) is 0 Å². The molecule has 3 nitrogen and oxygen atoms in total. The molecule has 1 aromatic rings. The molecule has 0 saturated heterocycles. The Hall–Kier alpha value is -1.09. The first-order chi connectivity index (χ1) is 6.83. The molecular formula is C11H17N3. The third kappa shape index (κ3) is 1.87. The highest BCUT2D eigenvalue weighted by Gasteiger charge is 2.27. The van der Waals surface area contributed by atoms with Crippen LogP contribution in [0, 0.1) is 0 Å². The highest BCUT2D eigenvalue weighted by molar-refractivity contribution is 5.53. The van der Waals surface area contributed by atoms with Crippen molar-refractivity contribution in [2.24, 2.45) is 0 Å². The highest BCUT2D eigenvalue weighted by atomic mass is 15.2. The fourth-order valence-corrected chi connectivity index (χ4v) is 1.75. The highest BCUT2D eigenvalue weighted by Crippen LogP contribution is 2.31. The van der Waals surface area contributed by atoms with Crippen molar-refractivity contribution in [3.8, 4) is 0 Å². The first-order valence-electron chi connectivity index (χ1n) is 5.13. The number of rotatable bonds is 4. The zero-order valence-electron chi connectivity index (χ0n) is 8.83. The number of nitrogens with zero attached hydrogens (tertiary/aromatic N) is 2. The lowest BCUT2D eigenvalue weighted by Gasteiger charge is -2.21. The summed E-state index contributed by atoms with van der Waals surface area (Å²) >= 11 is 0. The van der Waals surface area contributed by atoms with Gasteiger partial charge < -0.3 is 10.2 Å². The molecule has 3 heteroatoms. The molecule has 0 amide bonds. The van der Waals surface area contributed by atoms with E-state index in [0.29, 0.717) is 0 Å². The predicted octanol–water partition coefficient (Wildman–Crippen LogP) is 1.40. The second kappa shape index (κ2) is 3.96. The van der Waals surface area contributed by atoms with Crippen molar-refractivity contribution in [3.05, 3.63) is 24.0 Å². The maximum Gasteiger partial charge on any atom is 0.0442 e. The monoisotopic (exact) mass is 191 g/mol. The van der Waals surface area contributed by atoms with Gasteiger partial charge in [-0.2, -0.15) is 0 Å².